The Labute approximate surface area is 147 Å². The van der Waals surface area contributed by atoms with E-state index in [0.717, 1.165) is 28.4 Å². The highest BCUT2D eigenvalue weighted by Crippen LogP contribution is 2.22. The largest absolute Gasteiger partial charge is 0.330 e. The van der Waals surface area contributed by atoms with Gasteiger partial charge in [-0.05, 0) is 57.9 Å². The fourth-order valence-corrected chi connectivity index (χ4v) is 3.11. The van der Waals surface area contributed by atoms with Gasteiger partial charge in [0.2, 0.25) is 0 Å². The molecule has 0 saturated heterocycles. The minimum absolute atomic E-state index is 0.149. The Kier molecular flexibility index (Phi) is 5.90. The van der Waals surface area contributed by atoms with Gasteiger partial charge in [-0.25, -0.2) is 8.78 Å². The molecule has 0 unspecified atom stereocenters. The predicted octanol–water partition coefficient (Wildman–Crippen LogP) is 3.54. The topological polar surface area (TPSA) is 45.7 Å². The second-order valence-electron chi connectivity index (χ2n) is 6.70. The van der Waals surface area contributed by atoms with Crippen LogP contribution in [0.1, 0.15) is 42.1 Å². The van der Waals surface area contributed by atoms with Crippen molar-refractivity contribution in [1.82, 2.24) is 0 Å². The van der Waals surface area contributed by atoms with Crippen LogP contribution in [0.15, 0.2) is 30.3 Å². The molecule has 0 fully saturated rings. The molecule has 3 N–H and O–H groups in total. The number of carbonyl (C=O) groups excluding carboxylic acids is 1. The molecule has 5 heteroatoms. The van der Waals surface area contributed by atoms with Crippen molar-refractivity contribution in [2.24, 2.45) is 0 Å². The first-order valence-electron chi connectivity index (χ1n) is 8.37. The second-order valence-corrected chi connectivity index (χ2v) is 6.70. The van der Waals surface area contributed by atoms with Crippen LogP contribution in [0.2, 0.25) is 0 Å². The molecule has 0 aliphatic rings. The molecule has 2 rings (SSSR count). The fraction of sp³-hybridized carbons (Fsp3) is 0.350. The molecule has 3 nitrogen and oxygen atoms in total. The average Bonchev–Trinajstić information content (AvgIpc) is 2.50. The van der Waals surface area contributed by atoms with Crippen molar-refractivity contribution in [2.45, 2.75) is 46.7 Å². The summed E-state index contributed by atoms with van der Waals surface area (Å²) in [6.45, 7) is 9.50. The van der Waals surface area contributed by atoms with Gasteiger partial charge in [-0.15, -0.1) is 0 Å². The van der Waals surface area contributed by atoms with Gasteiger partial charge in [-0.1, -0.05) is 17.7 Å². The highest BCUT2D eigenvalue weighted by atomic mass is 19.1. The summed E-state index contributed by atoms with van der Waals surface area (Å²) < 4.78 is 26.9. The molecular weight excluding hydrogens is 322 g/mol. The van der Waals surface area contributed by atoms with Crippen molar-refractivity contribution in [3.05, 3.63) is 64.2 Å². The number of benzene rings is 2. The van der Waals surface area contributed by atoms with E-state index in [9.17, 15) is 13.6 Å². The van der Waals surface area contributed by atoms with E-state index in [2.05, 4.69) is 5.32 Å². The first kappa shape index (κ1) is 19.1. The molecule has 0 radical (unpaired) electrons. The summed E-state index contributed by atoms with van der Waals surface area (Å²) in [5.41, 5.74) is 4.36. The Bertz CT molecular complexity index is 766. The monoisotopic (exact) mass is 347 g/mol. The van der Waals surface area contributed by atoms with Crippen LogP contribution in [0.3, 0.4) is 0 Å². The Morgan fingerprint density at radius 3 is 2.20 bits per heavy atom. The predicted molar refractivity (Wildman–Crippen MR) is 95.4 cm³/mol. The number of nitrogens with one attached hydrogen (secondary N) is 1. The highest BCUT2D eigenvalue weighted by Gasteiger charge is 2.23. The summed E-state index contributed by atoms with van der Waals surface area (Å²) in [5.74, 6) is -1.35. The lowest BCUT2D eigenvalue weighted by Crippen LogP contribution is -2.91. The molecule has 2 atom stereocenters. The third kappa shape index (κ3) is 4.63. The molecule has 0 bridgehead atoms. The number of carbonyl (C=O) groups is 1. The number of hydrogen-bond acceptors (Lipinski definition) is 1. The number of anilines is 1. The molecular formula is C20H25F2N2O+. The van der Waals surface area contributed by atoms with E-state index in [1.807, 2.05) is 32.9 Å². The van der Waals surface area contributed by atoms with E-state index in [0.29, 0.717) is 5.56 Å². The second kappa shape index (κ2) is 7.74. The molecule has 2 aromatic carbocycles. The van der Waals surface area contributed by atoms with Gasteiger partial charge in [0.25, 0.3) is 5.91 Å². The minimum atomic E-state index is -0.607. The van der Waals surface area contributed by atoms with Crippen LogP contribution in [0, 0.1) is 32.4 Å². The number of hydrogen-bond donors (Lipinski definition) is 2. The van der Waals surface area contributed by atoms with Gasteiger partial charge in [0, 0.05) is 17.3 Å². The molecule has 0 aliphatic carbocycles. The van der Waals surface area contributed by atoms with Gasteiger partial charge in [-0.3, -0.25) is 4.79 Å². The minimum Gasteiger partial charge on any atom is -0.330 e. The molecule has 0 heterocycles. The highest BCUT2D eigenvalue weighted by molar-refractivity contribution is 5.95. The van der Waals surface area contributed by atoms with Gasteiger partial charge in [0.15, 0.2) is 6.04 Å². The van der Waals surface area contributed by atoms with E-state index in [1.165, 1.54) is 12.1 Å². The fourth-order valence-electron chi connectivity index (χ4n) is 3.11. The van der Waals surface area contributed by atoms with Crippen molar-refractivity contribution in [3.8, 4) is 0 Å². The van der Waals surface area contributed by atoms with Crippen molar-refractivity contribution in [2.75, 3.05) is 5.32 Å². The Morgan fingerprint density at radius 1 is 1.04 bits per heavy atom. The van der Waals surface area contributed by atoms with Gasteiger partial charge in [0.05, 0.1) is 0 Å². The molecule has 25 heavy (non-hydrogen) atoms. The van der Waals surface area contributed by atoms with Gasteiger partial charge in [0.1, 0.15) is 17.7 Å². The van der Waals surface area contributed by atoms with E-state index in [-0.39, 0.29) is 11.9 Å². The number of nitrogens with two attached hydrogens (primary N) is 1. The lowest BCUT2D eigenvalue weighted by molar-refractivity contribution is -0.710. The SMILES string of the molecule is Cc1cc(C)c(NC(=O)[C@@H](C)[NH2+][C@H](C)c2ccc(F)cc2F)c(C)c1. The number of quaternary nitrogens is 1. The summed E-state index contributed by atoms with van der Waals surface area (Å²) in [7, 11) is 0. The number of aryl methyl sites for hydroxylation is 3. The summed E-state index contributed by atoms with van der Waals surface area (Å²) in [6, 6.07) is 6.84. The van der Waals surface area contributed by atoms with Gasteiger partial charge < -0.3 is 10.6 Å². The van der Waals surface area contributed by atoms with Gasteiger partial charge in [-0.2, -0.15) is 0 Å². The average molecular weight is 347 g/mol. The van der Waals surface area contributed by atoms with Crippen LogP contribution in [0.4, 0.5) is 14.5 Å². The van der Waals surface area contributed by atoms with Crippen LogP contribution in [-0.4, -0.2) is 11.9 Å². The van der Waals surface area contributed by atoms with Crippen LogP contribution in [-0.2, 0) is 4.79 Å². The summed E-state index contributed by atoms with van der Waals surface area (Å²) in [6.07, 6.45) is 0. The van der Waals surface area contributed by atoms with E-state index in [4.69, 9.17) is 0 Å². The maximum absolute atomic E-state index is 13.9. The normalized spacial score (nSPS) is 13.4. The standard InChI is InChI=1S/C20H24F2N2O/c1-11-8-12(2)19(13(3)9-11)24-20(25)15(5)23-14(4)17-7-6-16(21)10-18(17)22/h6-10,14-15,23H,1-5H3,(H,24,25)/p+1/t14-,15-/m1/s1. The molecule has 2 aromatic rings. The number of rotatable bonds is 5. The van der Waals surface area contributed by atoms with E-state index in [1.54, 1.807) is 19.2 Å². The number of amides is 1. The maximum atomic E-state index is 13.9. The Hall–Kier alpha value is -2.27. The zero-order chi connectivity index (χ0) is 18.7. The third-order valence-electron chi connectivity index (χ3n) is 4.37. The lowest BCUT2D eigenvalue weighted by atomic mass is 10.0. The summed E-state index contributed by atoms with van der Waals surface area (Å²) >= 11 is 0. The van der Waals surface area contributed by atoms with Crippen molar-refractivity contribution >= 4 is 11.6 Å². The van der Waals surface area contributed by atoms with Crippen LogP contribution in [0.5, 0.6) is 0 Å². The molecule has 134 valence electrons. The molecule has 0 aliphatic heterocycles. The molecule has 0 aromatic heterocycles. The number of halogens is 2. The van der Waals surface area contributed by atoms with Crippen LogP contribution >= 0.6 is 0 Å². The van der Waals surface area contributed by atoms with Crippen molar-refractivity contribution in [3.63, 3.8) is 0 Å². The first-order valence-corrected chi connectivity index (χ1v) is 8.37. The van der Waals surface area contributed by atoms with Crippen LogP contribution in [0.25, 0.3) is 0 Å². The van der Waals surface area contributed by atoms with Crippen LogP contribution < -0.4 is 10.6 Å². The third-order valence-corrected chi connectivity index (χ3v) is 4.37. The lowest BCUT2D eigenvalue weighted by Gasteiger charge is -2.19. The van der Waals surface area contributed by atoms with Crippen molar-refractivity contribution in [1.29, 1.82) is 0 Å². The summed E-state index contributed by atoms with van der Waals surface area (Å²) in [4.78, 5) is 12.5. The quantitative estimate of drug-likeness (QED) is 0.854. The van der Waals surface area contributed by atoms with Crippen molar-refractivity contribution < 1.29 is 18.9 Å². The zero-order valence-corrected chi connectivity index (χ0v) is 15.3. The van der Waals surface area contributed by atoms with E-state index >= 15 is 0 Å². The maximum Gasteiger partial charge on any atom is 0.282 e. The zero-order valence-electron chi connectivity index (χ0n) is 15.3. The first-order chi connectivity index (χ1) is 11.7. The molecule has 0 spiro atoms. The Balaban J connectivity index is 2.08. The summed E-state index contributed by atoms with van der Waals surface area (Å²) in [5, 5.41) is 4.73. The smallest absolute Gasteiger partial charge is 0.282 e. The Morgan fingerprint density at radius 2 is 1.64 bits per heavy atom. The molecule has 1 amide bonds. The van der Waals surface area contributed by atoms with Gasteiger partial charge >= 0.3 is 0 Å². The van der Waals surface area contributed by atoms with E-state index < -0.39 is 17.7 Å². The molecule has 0 saturated carbocycles.